The number of carbonyl (C=O) groups excluding carboxylic acids is 1. The number of nitrogens with zero attached hydrogens (tertiary/aromatic N) is 1. The Morgan fingerprint density at radius 1 is 1.52 bits per heavy atom. The highest BCUT2D eigenvalue weighted by Gasteiger charge is 2.28. The third-order valence-corrected chi connectivity index (χ3v) is 5.86. The molecule has 21 heavy (non-hydrogen) atoms. The molecule has 1 aliphatic rings. The van der Waals surface area contributed by atoms with Crippen LogP contribution in [0, 0.1) is 5.92 Å². The van der Waals surface area contributed by atoms with Crippen LogP contribution in [0.25, 0.3) is 0 Å². The minimum Gasteiger partial charge on any atom is -0.338 e. The smallest absolute Gasteiger partial charge is 0.255 e. The molecule has 5 nitrogen and oxygen atoms in total. The molecule has 1 aliphatic heterocycles. The summed E-state index contributed by atoms with van der Waals surface area (Å²) in [5, 5.41) is 5.33. The van der Waals surface area contributed by atoms with E-state index in [1.54, 1.807) is 4.90 Å². The monoisotopic (exact) mass is 394 g/mol. The molecule has 0 bridgehead atoms. The Hall–Kier alpha value is -0.630. The van der Waals surface area contributed by atoms with Crippen LogP contribution < -0.4 is 5.14 Å². The molecule has 2 rings (SSSR count). The van der Waals surface area contributed by atoms with Gasteiger partial charge in [0.25, 0.3) is 5.91 Å². The lowest BCUT2D eigenvalue weighted by Gasteiger charge is -2.18. The molecule has 1 fully saturated rings. The van der Waals surface area contributed by atoms with Gasteiger partial charge in [-0.3, -0.25) is 4.79 Å². The van der Waals surface area contributed by atoms with Crippen molar-refractivity contribution >= 4 is 43.5 Å². The van der Waals surface area contributed by atoms with E-state index in [0.29, 0.717) is 23.5 Å². The summed E-state index contributed by atoms with van der Waals surface area (Å²) in [5.74, 6) is 0.222. The van der Waals surface area contributed by atoms with E-state index >= 15 is 0 Å². The van der Waals surface area contributed by atoms with Crippen LogP contribution in [0.3, 0.4) is 0 Å². The molecular weight excluding hydrogens is 380 g/mol. The molecule has 1 unspecified atom stereocenters. The van der Waals surface area contributed by atoms with E-state index in [0.717, 1.165) is 12.8 Å². The third-order valence-electron chi connectivity index (χ3n) is 3.71. The SMILES string of the molecule is CCC1CCN(C(=O)c2cc(S(N)(=O)=O)cc(Br)c2Cl)C1. The van der Waals surface area contributed by atoms with E-state index in [4.69, 9.17) is 16.7 Å². The molecule has 8 heteroatoms. The predicted molar refractivity (Wildman–Crippen MR) is 84.8 cm³/mol. The quantitative estimate of drug-likeness (QED) is 0.854. The minimum absolute atomic E-state index is 0.131. The van der Waals surface area contributed by atoms with E-state index in [9.17, 15) is 13.2 Å². The summed E-state index contributed by atoms with van der Waals surface area (Å²) in [6.45, 7) is 3.41. The summed E-state index contributed by atoms with van der Waals surface area (Å²) >= 11 is 9.30. The fourth-order valence-corrected chi connectivity index (χ4v) is 3.77. The summed E-state index contributed by atoms with van der Waals surface area (Å²) in [6, 6.07) is 2.54. The van der Waals surface area contributed by atoms with Gasteiger partial charge in [-0.2, -0.15) is 0 Å². The maximum absolute atomic E-state index is 12.5. The van der Waals surface area contributed by atoms with E-state index in [1.807, 2.05) is 0 Å². The van der Waals surface area contributed by atoms with Gasteiger partial charge < -0.3 is 4.90 Å². The van der Waals surface area contributed by atoms with Crippen molar-refractivity contribution < 1.29 is 13.2 Å². The van der Waals surface area contributed by atoms with Crippen molar-refractivity contribution in [3.05, 3.63) is 27.2 Å². The van der Waals surface area contributed by atoms with Crippen LogP contribution in [0.15, 0.2) is 21.5 Å². The van der Waals surface area contributed by atoms with Crippen molar-refractivity contribution in [3.63, 3.8) is 0 Å². The lowest BCUT2D eigenvalue weighted by Crippen LogP contribution is -2.29. The molecule has 1 atom stereocenters. The number of hydrogen-bond donors (Lipinski definition) is 1. The van der Waals surface area contributed by atoms with Crippen molar-refractivity contribution in [2.45, 2.75) is 24.7 Å². The second-order valence-electron chi connectivity index (χ2n) is 5.13. The average molecular weight is 396 g/mol. The fourth-order valence-electron chi connectivity index (χ4n) is 2.40. The standard InChI is InChI=1S/C13H16BrClN2O3S/c1-2-8-3-4-17(7-8)13(18)10-5-9(21(16,19)20)6-11(14)12(10)15/h5-6,8H,2-4,7H2,1H3,(H2,16,19,20). The number of likely N-dealkylation sites (tertiary alicyclic amines) is 1. The Labute approximate surface area is 137 Å². The predicted octanol–water partition coefficient (Wildman–Crippen LogP) is 2.62. The molecule has 2 N–H and O–H groups in total. The Balaban J connectivity index is 2.39. The Kier molecular flexibility index (Phi) is 4.97. The highest BCUT2D eigenvalue weighted by Crippen LogP contribution is 2.31. The number of benzene rings is 1. The van der Waals surface area contributed by atoms with E-state index in [-0.39, 0.29) is 21.4 Å². The van der Waals surface area contributed by atoms with Gasteiger partial charge >= 0.3 is 0 Å². The van der Waals surface area contributed by atoms with Gasteiger partial charge in [0, 0.05) is 17.6 Å². The normalized spacial score (nSPS) is 19.0. The van der Waals surface area contributed by atoms with Gasteiger partial charge in [-0.15, -0.1) is 0 Å². The summed E-state index contributed by atoms with van der Waals surface area (Å²) < 4.78 is 23.3. The maximum Gasteiger partial charge on any atom is 0.255 e. The highest BCUT2D eigenvalue weighted by atomic mass is 79.9. The van der Waals surface area contributed by atoms with Crippen LogP contribution in [0.4, 0.5) is 0 Å². The molecule has 0 aliphatic carbocycles. The zero-order valence-corrected chi connectivity index (χ0v) is 14.6. The number of sulfonamides is 1. The molecule has 0 saturated carbocycles. The second-order valence-corrected chi connectivity index (χ2v) is 7.92. The van der Waals surface area contributed by atoms with Crippen LogP contribution in [0.1, 0.15) is 30.1 Å². The average Bonchev–Trinajstić information content (AvgIpc) is 2.88. The van der Waals surface area contributed by atoms with Gasteiger partial charge in [0.2, 0.25) is 10.0 Å². The molecule has 1 aromatic carbocycles. The number of nitrogens with two attached hydrogens (primary N) is 1. The molecule has 0 spiro atoms. The number of hydrogen-bond acceptors (Lipinski definition) is 3. The van der Waals surface area contributed by atoms with Crippen LogP contribution in [-0.2, 0) is 10.0 Å². The van der Waals surface area contributed by atoms with Crippen molar-refractivity contribution in [1.29, 1.82) is 0 Å². The van der Waals surface area contributed by atoms with Gasteiger partial charge in [-0.25, -0.2) is 13.6 Å². The molecule has 1 heterocycles. The molecule has 0 radical (unpaired) electrons. The van der Waals surface area contributed by atoms with Crippen molar-refractivity contribution in [1.82, 2.24) is 4.90 Å². The fraction of sp³-hybridized carbons (Fsp3) is 0.462. The lowest BCUT2D eigenvalue weighted by molar-refractivity contribution is 0.0787. The lowest BCUT2D eigenvalue weighted by atomic mass is 10.1. The number of rotatable bonds is 3. The van der Waals surface area contributed by atoms with Gasteiger partial charge in [0.15, 0.2) is 0 Å². The molecule has 1 aromatic rings. The third kappa shape index (κ3) is 3.59. The number of amides is 1. The minimum atomic E-state index is -3.90. The van der Waals surface area contributed by atoms with Gasteiger partial charge in [-0.05, 0) is 40.4 Å². The largest absolute Gasteiger partial charge is 0.338 e. The van der Waals surface area contributed by atoms with Crippen molar-refractivity contribution in [3.8, 4) is 0 Å². The van der Waals surface area contributed by atoms with E-state index in [2.05, 4.69) is 22.9 Å². The van der Waals surface area contributed by atoms with Gasteiger partial charge in [-0.1, -0.05) is 24.9 Å². The van der Waals surface area contributed by atoms with Crippen molar-refractivity contribution in [2.24, 2.45) is 11.1 Å². The Bertz CT molecular complexity index is 678. The summed E-state index contributed by atoms with van der Waals surface area (Å²) in [4.78, 5) is 14.1. The molecular formula is C13H16BrClN2O3S. The van der Waals surface area contributed by atoms with Crippen LogP contribution in [-0.4, -0.2) is 32.3 Å². The topological polar surface area (TPSA) is 80.5 Å². The molecule has 1 saturated heterocycles. The number of primary sulfonamides is 1. The number of halogens is 2. The van der Waals surface area contributed by atoms with Gasteiger partial charge in [0.1, 0.15) is 0 Å². The zero-order chi connectivity index (χ0) is 15.8. The first-order valence-electron chi connectivity index (χ1n) is 6.55. The highest BCUT2D eigenvalue weighted by molar-refractivity contribution is 9.10. The van der Waals surface area contributed by atoms with E-state index < -0.39 is 10.0 Å². The van der Waals surface area contributed by atoms with Crippen LogP contribution >= 0.6 is 27.5 Å². The second kappa shape index (κ2) is 6.24. The van der Waals surface area contributed by atoms with E-state index in [1.165, 1.54) is 12.1 Å². The number of carbonyl (C=O) groups is 1. The Morgan fingerprint density at radius 2 is 2.19 bits per heavy atom. The summed E-state index contributed by atoms with van der Waals surface area (Å²) in [7, 11) is -3.90. The van der Waals surface area contributed by atoms with Gasteiger partial charge in [0.05, 0.1) is 15.5 Å². The maximum atomic E-state index is 12.5. The first kappa shape index (κ1) is 16.7. The molecule has 0 aromatic heterocycles. The summed E-state index contributed by atoms with van der Waals surface area (Å²) in [6.07, 6.45) is 1.97. The molecule has 116 valence electrons. The van der Waals surface area contributed by atoms with Crippen LogP contribution in [0.5, 0.6) is 0 Å². The first-order chi connectivity index (χ1) is 9.74. The molecule has 1 amide bonds. The van der Waals surface area contributed by atoms with Crippen molar-refractivity contribution in [2.75, 3.05) is 13.1 Å². The van der Waals surface area contributed by atoms with Crippen LogP contribution in [0.2, 0.25) is 5.02 Å². The zero-order valence-electron chi connectivity index (χ0n) is 11.5. The first-order valence-corrected chi connectivity index (χ1v) is 9.27. The Morgan fingerprint density at radius 3 is 2.71 bits per heavy atom. The summed E-state index contributed by atoms with van der Waals surface area (Å²) in [5.41, 5.74) is 0.159.